The maximum Gasteiger partial charge on any atom is 0.406 e. The van der Waals surface area contributed by atoms with Crippen molar-refractivity contribution in [3.63, 3.8) is 0 Å². The van der Waals surface area contributed by atoms with Crippen molar-refractivity contribution in [2.24, 2.45) is 0 Å². The van der Waals surface area contributed by atoms with Gasteiger partial charge in [0.1, 0.15) is 6.54 Å². The van der Waals surface area contributed by atoms with Crippen molar-refractivity contribution in [3.8, 4) is 0 Å². The fourth-order valence-electron chi connectivity index (χ4n) is 1.34. The Bertz CT molecular complexity index is 683. The van der Waals surface area contributed by atoms with Gasteiger partial charge in [-0.05, 0) is 11.6 Å². The summed E-state index contributed by atoms with van der Waals surface area (Å²) >= 11 is 5.43. The van der Waals surface area contributed by atoms with Crippen molar-refractivity contribution in [2.45, 2.75) is 12.7 Å². The van der Waals surface area contributed by atoms with E-state index in [1.807, 2.05) is 0 Å². The number of imidazole rings is 1. The van der Waals surface area contributed by atoms with Gasteiger partial charge in [-0.3, -0.25) is 14.3 Å². The molecule has 2 aromatic rings. The Morgan fingerprint density at radius 2 is 1.94 bits per heavy atom. The highest BCUT2D eigenvalue weighted by atomic mass is 35.5. The molecule has 0 saturated heterocycles. The van der Waals surface area contributed by atoms with Gasteiger partial charge < -0.3 is 4.98 Å². The molecule has 92 valence electrons. The molecule has 2 rings (SSSR count). The van der Waals surface area contributed by atoms with Crippen LogP contribution in [0.15, 0.2) is 9.59 Å². The van der Waals surface area contributed by atoms with Crippen molar-refractivity contribution in [1.82, 2.24) is 19.5 Å². The zero-order valence-corrected chi connectivity index (χ0v) is 8.69. The Morgan fingerprint density at radius 3 is 2.53 bits per heavy atom. The van der Waals surface area contributed by atoms with Crippen molar-refractivity contribution < 1.29 is 13.2 Å². The third-order valence-corrected chi connectivity index (χ3v) is 2.12. The quantitative estimate of drug-likeness (QED) is 0.744. The molecule has 0 aliphatic rings. The van der Waals surface area contributed by atoms with Gasteiger partial charge >= 0.3 is 11.9 Å². The first-order valence-electron chi connectivity index (χ1n) is 4.23. The van der Waals surface area contributed by atoms with Gasteiger partial charge in [0.25, 0.3) is 5.56 Å². The minimum atomic E-state index is -4.61. The van der Waals surface area contributed by atoms with Gasteiger partial charge in [0.2, 0.25) is 5.28 Å². The Kier molecular flexibility index (Phi) is 2.49. The van der Waals surface area contributed by atoms with Gasteiger partial charge in [-0.25, -0.2) is 4.79 Å². The van der Waals surface area contributed by atoms with Crippen LogP contribution in [0.3, 0.4) is 0 Å². The standard InChI is InChI=1S/C7H4ClF3N4O2/c8-5-12-2-3(13-5)15(1-7(9,10)11)6(17)14-4(2)16/h1H2,(H,12,13)(H,14,16,17). The van der Waals surface area contributed by atoms with Gasteiger partial charge in [0.05, 0.1) is 0 Å². The SMILES string of the molecule is O=c1[nH]c(=O)n(CC(F)(F)F)c2nc(Cl)[nH]c12. The minimum Gasteiger partial charge on any atom is -0.323 e. The topological polar surface area (TPSA) is 83.5 Å². The molecule has 0 aliphatic carbocycles. The molecule has 0 fully saturated rings. The number of aromatic nitrogens is 4. The van der Waals surface area contributed by atoms with Crippen LogP contribution in [0.1, 0.15) is 0 Å². The number of nitrogens with zero attached hydrogens (tertiary/aromatic N) is 2. The number of H-pyrrole nitrogens is 2. The van der Waals surface area contributed by atoms with Gasteiger partial charge in [-0.2, -0.15) is 18.2 Å². The molecular formula is C7H4ClF3N4O2. The molecule has 0 aliphatic heterocycles. The summed E-state index contributed by atoms with van der Waals surface area (Å²) in [5.41, 5.74) is -2.77. The highest BCUT2D eigenvalue weighted by molar-refractivity contribution is 6.28. The second-order valence-corrected chi connectivity index (χ2v) is 3.54. The molecule has 0 unspecified atom stereocenters. The number of hydrogen-bond donors (Lipinski definition) is 2. The summed E-state index contributed by atoms with van der Waals surface area (Å²) in [6.45, 7) is -1.56. The average Bonchev–Trinajstić information content (AvgIpc) is 2.53. The molecule has 0 radical (unpaired) electrons. The lowest BCUT2D eigenvalue weighted by Crippen LogP contribution is -2.34. The summed E-state index contributed by atoms with van der Waals surface area (Å²) in [4.78, 5) is 30.0. The highest BCUT2D eigenvalue weighted by Crippen LogP contribution is 2.18. The van der Waals surface area contributed by atoms with E-state index in [0.717, 1.165) is 0 Å². The third kappa shape index (κ3) is 2.18. The van der Waals surface area contributed by atoms with Crippen LogP contribution in [0.25, 0.3) is 11.2 Å². The monoisotopic (exact) mass is 268 g/mol. The summed E-state index contributed by atoms with van der Waals surface area (Å²) in [5, 5.41) is -0.271. The van der Waals surface area contributed by atoms with Crippen LogP contribution in [-0.2, 0) is 6.54 Å². The first kappa shape index (κ1) is 11.7. The Morgan fingerprint density at radius 1 is 1.29 bits per heavy atom. The number of halogens is 4. The fourth-order valence-corrected chi connectivity index (χ4v) is 1.51. The molecule has 2 aromatic heterocycles. The van der Waals surface area contributed by atoms with Crippen molar-refractivity contribution in [1.29, 1.82) is 0 Å². The number of aromatic amines is 2. The molecule has 0 amide bonds. The maximum atomic E-state index is 12.2. The van der Waals surface area contributed by atoms with Gasteiger partial charge in [0.15, 0.2) is 11.2 Å². The average molecular weight is 269 g/mol. The second-order valence-electron chi connectivity index (χ2n) is 3.19. The fraction of sp³-hybridized carbons (Fsp3) is 0.286. The summed E-state index contributed by atoms with van der Waals surface area (Å²) in [5.74, 6) is 0. The van der Waals surface area contributed by atoms with Crippen molar-refractivity contribution in [2.75, 3.05) is 0 Å². The molecule has 10 heteroatoms. The molecule has 17 heavy (non-hydrogen) atoms. The van der Waals surface area contributed by atoms with E-state index < -0.39 is 29.6 Å². The van der Waals surface area contributed by atoms with E-state index in [1.54, 1.807) is 4.98 Å². The number of fused-ring (bicyclic) bond motifs is 1. The molecule has 2 heterocycles. The minimum absolute atomic E-state index is 0.271. The van der Waals surface area contributed by atoms with Crippen LogP contribution in [0.2, 0.25) is 5.28 Å². The van der Waals surface area contributed by atoms with Crippen LogP contribution in [0, 0.1) is 0 Å². The third-order valence-electron chi connectivity index (χ3n) is 1.94. The smallest absolute Gasteiger partial charge is 0.323 e. The predicted molar refractivity (Wildman–Crippen MR) is 52.0 cm³/mol. The van der Waals surface area contributed by atoms with E-state index in [4.69, 9.17) is 11.6 Å². The zero-order valence-electron chi connectivity index (χ0n) is 7.93. The van der Waals surface area contributed by atoms with Crippen molar-refractivity contribution >= 4 is 22.8 Å². The summed E-state index contributed by atoms with van der Waals surface area (Å²) in [7, 11) is 0. The molecule has 0 bridgehead atoms. The van der Waals surface area contributed by atoms with Crippen LogP contribution in [-0.4, -0.2) is 25.7 Å². The summed E-state index contributed by atoms with van der Waals surface area (Å²) < 4.78 is 37.0. The lowest BCUT2D eigenvalue weighted by atomic mass is 10.5. The molecule has 0 saturated carbocycles. The van der Waals surface area contributed by atoms with Crippen molar-refractivity contribution in [3.05, 3.63) is 26.1 Å². The molecular weight excluding hydrogens is 265 g/mol. The van der Waals surface area contributed by atoms with Gasteiger partial charge in [-0.1, -0.05) is 0 Å². The number of nitrogens with one attached hydrogen (secondary N) is 2. The van der Waals surface area contributed by atoms with E-state index in [-0.39, 0.29) is 10.8 Å². The first-order chi connectivity index (χ1) is 7.78. The number of rotatable bonds is 1. The van der Waals surface area contributed by atoms with Crippen LogP contribution < -0.4 is 11.2 Å². The van der Waals surface area contributed by atoms with E-state index in [0.29, 0.717) is 4.57 Å². The molecule has 6 nitrogen and oxygen atoms in total. The highest BCUT2D eigenvalue weighted by Gasteiger charge is 2.30. The van der Waals surface area contributed by atoms with Crippen LogP contribution >= 0.6 is 11.6 Å². The lowest BCUT2D eigenvalue weighted by Gasteiger charge is -2.08. The Balaban J connectivity index is 2.78. The summed E-state index contributed by atoms with van der Waals surface area (Å²) in [6, 6.07) is 0. The maximum absolute atomic E-state index is 12.2. The van der Waals surface area contributed by atoms with Crippen LogP contribution in [0.5, 0.6) is 0 Å². The van der Waals surface area contributed by atoms with E-state index >= 15 is 0 Å². The van der Waals surface area contributed by atoms with E-state index in [9.17, 15) is 22.8 Å². The van der Waals surface area contributed by atoms with E-state index in [1.165, 1.54) is 0 Å². The van der Waals surface area contributed by atoms with Crippen LogP contribution in [0.4, 0.5) is 13.2 Å². The Labute approximate surface area is 95.0 Å². The predicted octanol–water partition coefficient (Wildman–Crippen LogP) is 0.629. The summed E-state index contributed by atoms with van der Waals surface area (Å²) in [6.07, 6.45) is -4.61. The molecule has 0 spiro atoms. The number of alkyl halides is 3. The molecule has 0 aromatic carbocycles. The lowest BCUT2D eigenvalue weighted by molar-refractivity contribution is -0.140. The normalized spacial score (nSPS) is 12.2. The van der Waals surface area contributed by atoms with E-state index in [2.05, 4.69) is 9.97 Å². The molecule has 0 atom stereocenters. The molecule has 2 N–H and O–H groups in total. The largest absolute Gasteiger partial charge is 0.406 e. The number of hydrogen-bond acceptors (Lipinski definition) is 3. The second kappa shape index (κ2) is 3.62. The van der Waals surface area contributed by atoms with Gasteiger partial charge in [0, 0.05) is 0 Å². The zero-order chi connectivity index (χ0) is 12.8. The Hall–Kier alpha value is -1.77. The first-order valence-corrected chi connectivity index (χ1v) is 4.61. The van der Waals surface area contributed by atoms with Gasteiger partial charge in [-0.15, -0.1) is 0 Å².